The van der Waals surface area contributed by atoms with E-state index in [2.05, 4.69) is 5.10 Å². The molecule has 2 saturated heterocycles. The molecular weight excluding hydrogens is 431 g/mol. The molecule has 3 aromatic rings. The van der Waals surface area contributed by atoms with Gasteiger partial charge in [-0.05, 0) is 50.1 Å². The van der Waals surface area contributed by atoms with Crippen molar-refractivity contribution < 1.29 is 18.7 Å². The molecule has 168 valence electrons. The lowest BCUT2D eigenvalue weighted by Gasteiger charge is -2.36. The van der Waals surface area contributed by atoms with Crippen molar-refractivity contribution in [2.45, 2.75) is 19.8 Å². The summed E-state index contributed by atoms with van der Waals surface area (Å²) >= 11 is 1.39. The van der Waals surface area contributed by atoms with Gasteiger partial charge in [0.25, 0.3) is 5.91 Å². The van der Waals surface area contributed by atoms with E-state index in [0.717, 1.165) is 34.4 Å². The van der Waals surface area contributed by atoms with Crippen molar-refractivity contribution in [2.75, 3.05) is 39.4 Å². The molecule has 2 amide bonds. The fourth-order valence-electron chi connectivity index (χ4n) is 4.47. The molecule has 0 radical (unpaired) electrons. The number of carbonyl (C=O) groups excluding carboxylic acids is 2. The zero-order valence-electron chi connectivity index (χ0n) is 17.9. The Morgan fingerprint density at radius 1 is 1.12 bits per heavy atom. The Morgan fingerprint density at radius 3 is 2.62 bits per heavy atom. The van der Waals surface area contributed by atoms with Crippen LogP contribution in [0.2, 0.25) is 0 Å². The predicted octanol–water partition coefficient (Wildman–Crippen LogP) is 3.25. The number of carbonyl (C=O) groups is 2. The summed E-state index contributed by atoms with van der Waals surface area (Å²) in [6.45, 7) is 5.41. The maximum Gasteiger partial charge on any atom is 0.264 e. The summed E-state index contributed by atoms with van der Waals surface area (Å²) in [5, 5.41) is 5.49. The Bertz CT molecular complexity index is 1150. The zero-order valence-corrected chi connectivity index (χ0v) is 18.7. The van der Waals surface area contributed by atoms with Gasteiger partial charge in [-0.15, -0.1) is 11.3 Å². The van der Waals surface area contributed by atoms with Gasteiger partial charge in [-0.1, -0.05) is 0 Å². The third-order valence-corrected chi connectivity index (χ3v) is 7.31. The predicted molar refractivity (Wildman–Crippen MR) is 120 cm³/mol. The van der Waals surface area contributed by atoms with Crippen molar-refractivity contribution in [3.05, 3.63) is 46.7 Å². The standard InChI is InChI=1S/C23H25FN4O3S/c1-15-19-13-20(32-23(19)28(25-15)18-6-4-17(24)5-7-18)22(30)27-8-2-3-16(14-27)21(29)26-9-11-31-12-10-26/h4-7,13,16H,2-3,8-12,14H2,1H3. The van der Waals surface area contributed by atoms with Gasteiger partial charge in [-0.3, -0.25) is 9.59 Å². The third-order valence-electron chi connectivity index (χ3n) is 6.21. The minimum atomic E-state index is -0.304. The number of aryl methyl sites for hydroxylation is 1. The van der Waals surface area contributed by atoms with Crippen molar-refractivity contribution >= 4 is 33.4 Å². The third kappa shape index (κ3) is 3.91. The van der Waals surface area contributed by atoms with Gasteiger partial charge in [0.05, 0.1) is 35.4 Å². The van der Waals surface area contributed by atoms with Gasteiger partial charge >= 0.3 is 0 Å². The number of amides is 2. The van der Waals surface area contributed by atoms with Gasteiger partial charge < -0.3 is 14.5 Å². The molecule has 7 nitrogen and oxygen atoms in total. The van der Waals surface area contributed by atoms with Crippen LogP contribution in [0, 0.1) is 18.7 Å². The van der Waals surface area contributed by atoms with Crippen molar-refractivity contribution in [1.29, 1.82) is 0 Å². The van der Waals surface area contributed by atoms with E-state index in [9.17, 15) is 14.0 Å². The van der Waals surface area contributed by atoms with Crippen molar-refractivity contribution in [3.8, 4) is 5.69 Å². The first-order valence-electron chi connectivity index (χ1n) is 10.9. The van der Waals surface area contributed by atoms with E-state index in [0.29, 0.717) is 44.3 Å². The monoisotopic (exact) mass is 456 g/mol. The van der Waals surface area contributed by atoms with Crippen LogP contribution in [0.15, 0.2) is 30.3 Å². The largest absolute Gasteiger partial charge is 0.378 e. The summed E-state index contributed by atoms with van der Waals surface area (Å²) in [5.74, 6) is -0.375. The molecule has 0 saturated carbocycles. The molecule has 0 N–H and O–H groups in total. The number of hydrogen-bond donors (Lipinski definition) is 0. The maximum absolute atomic E-state index is 13.3. The molecule has 4 heterocycles. The average Bonchev–Trinajstić information content (AvgIpc) is 3.40. The molecule has 2 aliphatic rings. The second-order valence-electron chi connectivity index (χ2n) is 8.33. The Labute approximate surface area is 189 Å². The Kier molecular flexibility index (Phi) is 5.69. The van der Waals surface area contributed by atoms with Crippen LogP contribution in [-0.4, -0.2) is 70.8 Å². The number of rotatable bonds is 3. The molecule has 2 aliphatic heterocycles. The van der Waals surface area contributed by atoms with Crippen LogP contribution in [0.25, 0.3) is 15.9 Å². The molecule has 1 aromatic carbocycles. The van der Waals surface area contributed by atoms with Crippen LogP contribution in [0.4, 0.5) is 4.39 Å². The molecule has 0 aliphatic carbocycles. The number of fused-ring (bicyclic) bond motifs is 1. The molecule has 1 atom stereocenters. The fraction of sp³-hybridized carbons (Fsp3) is 0.435. The number of aromatic nitrogens is 2. The molecule has 5 rings (SSSR count). The highest BCUT2D eigenvalue weighted by Gasteiger charge is 2.33. The molecular formula is C23H25FN4O3S. The van der Waals surface area contributed by atoms with E-state index in [1.807, 2.05) is 22.8 Å². The van der Waals surface area contributed by atoms with Crippen LogP contribution >= 0.6 is 11.3 Å². The minimum absolute atomic E-state index is 0.0456. The lowest BCUT2D eigenvalue weighted by atomic mass is 9.96. The van der Waals surface area contributed by atoms with Gasteiger partial charge in [0.2, 0.25) is 5.91 Å². The van der Waals surface area contributed by atoms with Gasteiger partial charge in [0, 0.05) is 31.6 Å². The number of ether oxygens (including phenoxy) is 1. The second-order valence-corrected chi connectivity index (χ2v) is 9.36. The Hall–Kier alpha value is -2.78. The minimum Gasteiger partial charge on any atom is -0.378 e. The lowest BCUT2D eigenvalue weighted by Crippen LogP contribution is -2.49. The van der Waals surface area contributed by atoms with Gasteiger partial charge in [-0.2, -0.15) is 5.10 Å². The first-order chi connectivity index (χ1) is 15.5. The molecule has 0 spiro atoms. The SMILES string of the molecule is Cc1nn(-c2ccc(F)cc2)c2sc(C(=O)N3CCCC(C(=O)N4CCOCC4)C3)cc12. The number of piperidine rings is 1. The summed E-state index contributed by atoms with van der Waals surface area (Å²) in [6, 6.07) is 8.04. The number of morpholine rings is 1. The lowest BCUT2D eigenvalue weighted by molar-refractivity contribution is -0.141. The summed E-state index contributed by atoms with van der Waals surface area (Å²) in [5.41, 5.74) is 1.57. The van der Waals surface area contributed by atoms with Crippen LogP contribution in [0.5, 0.6) is 0 Å². The number of halogens is 1. The first-order valence-corrected chi connectivity index (χ1v) is 11.7. The smallest absolute Gasteiger partial charge is 0.264 e. The van der Waals surface area contributed by atoms with E-state index >= 15 is 0 Å². The van der Waals surface area contributed by atoms with Crippen LogP contribution in [0.1, 0.15) is 28.2 Å². The number of nitrogens with zero attached hydrogens (tertiary/aromatic N) is 4. The number of benzene rings is 1. The summed E-state index contributed by atoms with van der Waals surface area (Å²) < 4.78 is 20.4. The maximum atomic E-state index is 13.3. The number of likely N-dealkylation sites (tertiary alicyclic amines) is 1. The Balaban J connectivity index is 1.37. The van der Waals surface area contributed by atoms with Crippen molar-refractivity contribution in [1.82, 2.24) is 19.6 Å². The Morgan fingerprint density at radius 2 is 1.88 bits per heavy atom. The number of hydrogen-bond acceptors (Lipinski definition) is 5. The topological polar surface area (TPSA) is 67.7 Å². The van der Waals surface area contributed by atoms with Crippen molar-refractivity contribution in [3.63, 3.8) is 0 Å². The molecule has 0 bridgehead atoms. The molecule has 9 heteroatoms. The zero-order chi connectivity index (χ0) is 22.2. The van der Waals surface area contributed by atoms with Crippen LogP contribution in [-0.2, 0) is 9.53 Å². The van der Waals surface area contributed by atoms with Crippen LogP contribution in [0.3, 0.4) is 0 Å². The summed E-state index contributed by atoms with van der Waals surface area (Å²) in [7, 11) is 0. The molecule has 2 aromatic heterocycles. The molecule has 1 unspecified atom stereocenters. The highest BCUT2D eigenvalue weighted by atomic mass is 32.1. The molecule has 2 fully saturated rings. The highest BCUT2D eigenvalue weighted by Crippen LogP contribution is 2.32. The van der Waals surface area contributed by atoms with Crippen molar-refractivity contribution in [2.24, 2.45) is 5.92 Å². The second kappa shape index (κ2) is 8.63. The summed E-state index contributed by atoms with van der Waals surface area (Å²) in [6.07, 6.45) is 1.63. The van der Waals surface area contributed by atoms with E-state index < -0.39 is 0 Å². The first kappa shape index (κ1) is 21.1. The average molecular weight is 457 g/mol. The van der Waals surface area contributed by atoms with E-state index in [-0.39, 0.29) is 23.5 Å². The van der Waals surface area contributed by atoms with E-state index in [1.54, 1.807) is 16.8 Å². The van der Waals surface area contributed by atoms with E-state index in [1.165, 1.54) is 23.5 Å². The van der Waals surface area contributed by atoms with Gasteiger partial charge in [-0.25, -0.2) is 9.07 Å². The van der Waals surface area contributed by atoms with Gasteiger partial charge in [0.1, 0.15) is 10.6 Å². The molecule has 32 heavy (non-hydrogen) atoms. The number of thiophene rings is 1. The van der Waals surface area contributed by atoms with Crippen LogP contribution < -0.4 is 0 Å². The summed E-state index contributed by atoms with van der Waals surface area (Å²) in [4.78, 5) is 31.4. The normalized spacial score (nSPS) is 19.5. The quantitative estimate of drug-likeness (QED) is 0.607. The van der Waals surface area contributed by atoms with E-state index in [4.69, 9.17) is 4.74 Å². The highest BCUT2D eigenvalue weighted by molar-refractivity contribution is 7.20. The fourth-order valence-corrected chi connectivity index (χ4v) is 5.62. The van der Waals surface area contributed by atoms with Gasteiger partial charge in [0.15, 0.2) is 0 Å².